The highest BCUT2D eigenvalue weighted by atomic mass is 15.2. The van der Waals surface area contributed by atoms with Gasteiger partial charge < -0.3 is 10.2 Å². The molecule has 1 aromatic rings. The van der Waals surface area contributed by atoms with Gasteiger partial charge in [-0.15, -0.1) is 0 Å². The second-order valence-corrected chi connectivity index (χ2v) is 6.55. The number of aryl methyl sites for hydroxylation is 1. The molecule has 1 heterocycles. The normalized spacial score (nSPS) is 24.9. The number of hydrogen-bond donors (Lipinski definition) is 1. The summed E-state index contributed by atoms with van der Waals surface area (Å²) in [5.74, 6) is 1.20. The number of nitrogens with zero attached hydrogens (tertiary/aromatic N) is 3. The summed E-state index contributed by atoms with van der Waals surface area (Å²) in [5, 5.41) is 3.67. The second-order valence-electron chi connectivity index (χ2n) is 6.55. The fourth-order valence-electron chi connectivity index (χ4n) is 3.83. The van der Waals surface area contributed by atoms with E-state index >= 15 is 0 Å². The van der Waals surface area contributed by atoms with E-state index in [9.17, 15) is 0 Å². The Labute approximate surface area is 128 Å². The molecule has 21 heavy (non-hydrogen) atoms. The van der Waals surface area contributed by atoms with Crippen LogP contribution in [-0.4, -0.2) is 35.6 Å². The summed E-state index contributed by atoms with van der Waals surface area (Å²) in [5.41, 5.74) is 2.69. The van der Waals surface area contributed by atoms with Crippen LogP contribution in [0.15, 0.2) is 6.33 Å². The number of hydrogen-bond acceptors (Lipinski definition) is 4. The zero-order chi connectivity index (χ0) is 14.7. The Bertz CT molecular complexity index is 466. The van der Waals surface area contributed by atoms with E-state index in [-0.39, 0.29) is 0 Å². The molecule has 1 saturated carbocycles. The predicted molar refractivity (Wildman–Crippen MR) is 86.8 cm³/mol. The molecule has 0 bridgehead atoms. The zero-order valence-electron chi connectivity index (χ0n) is 13.4. The molecule has 2 aliphatic rings. The van der Waals surface area contributed by atoms with E-state index < -0.39 is 0 Å². The maximum atomic E-state index is 4.59. The van der Waals surface area contributed by atoms with Crippen molar-refractivity contribution >= 4 is 5.82 Å². The lowest BCUT2D eigenvalue weighted by Crippen LogP contribution is -2.41. The van der Waals surface area contributed by atoms with Gasteiger partial charge >= 0.3 is 0 Å². The molecule has 1 fully saturated rings. The minimum Gasteiger partial charge on any atom is -0.356 e. The standard InChI is InChI=1S/C17H28N4/c1-3-11-18-13-7-9-14(10-8-13)21(2)17-15-5-4-6-16(15)19-12-20-17/h12-14,18H,3-11H2,1-2H3. The molecule has 1 N–H and O–H groups in total. The van der Waals surface area contributed by atoms with Crippen LogP contribution in [0.3, 0.4) is 0 Å². The molecule has 0 atom stereocenters. The monoisotopic (exact) mass is 288 g/mol. The van der Waals surface area contributed by atoms with E-state index in [2.05, 4.69) is 34.2 Å². The third-order valence-electron chi connectivity index (χ3n) is 5.11. The lowest BCUT2D eigenvalue weighted by atomic mass is 9.90. The van der Waals surface area contributed by atoms with Crippen molar-refractivity contribution in [3.63, 3.8) is 0 Å². The maximum absolute atomic E-state index is 4.59. The SMILES string of the molecule is CCCNC1CCC(N(C)c2ncnc3c2CCC3)CC1. The van der Waals surface area contributed by atoms with E-state index in [4.69, 9.17) is 0 Å². The van der Waals surface area contributed by atoms with Gasteiger partial charge in [0.25, 0.3) is 0 Å². The zero-order valence-corrected chi connectivity index (χ0v) is 13.4. The van der Waals surface area contributed by atoms with E-state index in [1.807, 2.05) is 0 Å². The van der Waals surface area contributed by atoms with Gasteiger partial charge in [0.05, 0.1) is 0 Å². The molecule has 4 heteroatoms. The molecule has 1 aromatic heterocycles. The Morgan fingerprint density at radius 3 is 2.76 bits per heavy atom. The predicted octanol–water partition coefficient (Wildman–Crippen LogP) is 2.71. The molecule has 0 aromatic carbocycles. The van der Waals surface area contributed by atoms with E-state index in [0.717, 1.165) is 25.4 Å². The van der Waals surface area contributed by atoms with E-state index in [1.165, 1.54) is 55.6 Å². The lowest BCUT2D eigenvalue weighted by molar-refractivity contribution is 0.336. The average Bonchev–Trinajstić information content (AvgIpc) is 3.01. The highest BCUT2D eigenvalue weighted by molar-refractivity contribution is 5.50. The molecule has 0 radical (unpaired) electrons. The van der Waals surface area contributed by atoms with Crippen molar-refractivity contribution in [2.45, 2.75) is 70.4 Å². The summed E-state index contributed by atoms with van der Waals surface area (Å²) in [7, 11) is 2.23. The van der Waals surface area contributed by atoms with Gasteiger partial charge in [-0.3, -0.25) is 0 Å². The summed E-state index contributed by atoms with van der Waals surface area (Å²) in [6.45, 7) is 3.40. The van der Waals surface area contributed by atoms with Crippen molar-refractivity contribution in [1.29, 1.82) is 0 Å². The molecular weight excluding hydrogens is 260 g/mol. The van der Waals surface area contributed by atoms with Gasteiger partial charge in [0, 0.05) is 30.4 Å². The summed E-state index contributed by atoms with van der Waals surface area (Å²) in [4.78, 5) is 11.5. The third kappa shape index (κ3) is 3.20. The summed E-state index contributed by atoms with van der Waals surface area (Å²) < 4.78 is 0. The molecule has 2 aliphatic carbocycles. The average molecular weight is 288 g/mol. The molecule has 0 unspecified atom stereocenters. The first-order valence-electron chi connectivity index (χ1n) is 8.58. The van der Waals surface area contributed by atoms with Gasteiger partial charge in [0.2, 0.25) is 0 Å². The van der Waals surface area contributed by atoms with E-state index in [0.29, 0.717) is 6.04 Å². The minimum absolute atomic E-state index is 0.643. The van der Waals surface area contributed by atoms with Crippen LogP contribution in [0.5, 0.6) is 0 Å². The van der Waals surface area contributed by atoms with E-state index in [1.54, 1.807) is 6.33 Å². The van der Waals surface area contributed by atoms with Crippen molar-refractivity contribution in [3.8, 4) is 0 Å². The largest absolute Gasteiger partial charge is 0.356 e. The molecule has 0 amide bonds. The Morgan fingerprint density at radius 2 is 2.00 bits per heavy atom. The quantitative estimate of drug-likeness (QED) is 0.904. The Morgan fingerprint density at radius 1 is 1.19 bits per heavy atom. The highest BCUT2D eigenvalue weighted by Gasteiger charge is 2.27. The van der Waals surface area contributed by atoms with Crippen molar-refractivity contribution in [2.24, 2.45) is 0 Å². The van der Waals surface area contributed by atoms with Gasteiger partial charge in [-0.05, 0) is 57.9 Å². The van der Waals surface area contributed by atoms with Crippen LogP contribution in [0.2, 0.25) is 0 Å². The number of aromatic nitrogens is 2. The number of rotatable bonds is 5. The van der Waals surface area contributed by atoms with Gasteiger partial charge in [0.1, 0.15) is 12.1 Å². The fraction of sp³-hybridized carbons (Fsp3) is 0.765. The second kappa shape index (κ2) is 6.73. The minimum atomic E-state index is 0.643. The van der Waals surface area contributed by atoms with Crippen LogP contribution in [0.1, 0.15) is 56.7 Å². The molecular formula is C17H28N4. The molecule has 0 spiro atoms. The molecule has 116 valence electrons. The smallest absolute Gasteiger partial charge is 0.135 e. The topological polar surface area (TPSA) is 41.0 Å². The van der Waals surface area contributed by atoms with Crippen molar-refractivity contribution < 1.29 is 0 Å². The van der Waals surface area contributed by atoms with Crippen molar-refractivity contribution in [2.75, 3.05) is 18.5 Å². The van der Waals surface area contributed by atoms with Crippen LogP contribution in [0.25, 0.3) is 0 Å². The van der Waals surface area contributed by atoms with Crippen molar-refractivity contribution in [1.82, 2.24) is 15.3 Å². The van der Waals surface area contributed by atoms with Crippen LogP contribution in [-0.2, 0) is 12.8 Å². The van der Waals surface area contributed by atoms with Crippen LogP contribution < -0.4 is 10.2 Å². The van der Waals surface area contributed by atoms with Crippen molar-refractivity contribution in [3.05, 3.63) is 17.6 Å². The van der Waals surface area contributed by atoms with Crippen LogP contribution in [0, 0.1) is 0 Å². The highest BCUT2D eigenvalue weighted by Crippen LogP contribution is 2.31. The summed E-state index contributed by atoms with van der Waals surface area (Å²) in [6, 6.07) is 1.37. The number of fused-ring (bicyclic) bond motifs is 1. The summed E-state index contributed by atoms with van der Waals surface area (Å²) >= 11 is 0. The van der Waals surface area contributed by atoms with Gasteiger partial charge in [-0.1, -0.05) is 6.92 Å². The molecule has 4 nitrogen and oxygen atoms in total. The summed E-state index contributed by atoms with van der Waals surface area (Å²) in [6.07, 6.45) is 11.6. The first-order chi connectivity index (χ1) is 10.3. The van der Waals surface area contributed by atoms with Gasteiger partial charge in [-0.2, -0.15) is 0 Å². The van der Waals surface area contributed by atoms with Gasteiger partial charge in [0.15, 0.2) is 0 Å². The van der Waals surface area contributed by atoms with Gasteiger partial charge in [-0.25, -0.2) is 9.97 Å². The third-order valence-corrected chi connectivity index (χ3v) is 5.11. The molecule has 3 rings (SSSR count). The Hall–Kier alpha value is -1.16. The maximum Gasteiger partial charge on any atom is 0.135 e. The number of nitrogens with one attached hydrogen (secondary N) is 1. The first-order valence-corrected chi connectivity index (χ1v) is 8.58. The first kappa shape index (κ1) is 14.8. The Balaban J connectivity index is 1.62. The Kier molecular flexibility index (Phi) is 4.73. The fourth-order valence-corrected chi connectivity index (χ4v) is 3.83. The molecule has 0 aliphatic heterocycles. The lowest BCUT2D eigenvalue weighted by Gasteiger charge is -2.36. The van der Waals surface area contributed by atoms with Crippen LogP contribution in [0.4, 0.5) is 5.82 Å². The number of anilines is 1. The molecule has 0 saturated heterocycles. The van der Waals surface area contributed by atoms with Crippen LogP contribution >= 0.6 is 0 Å².